The van der Waals surface area contributed by atoms with Gasteiger partial charge >= 0.3 is 0 Å². The van der Waals surface area contributed by atoms with Crippen LogP contribution in [0.1, 0.15) is 5.69 Å². The quantitative estimate of drug-likeness (QED) is 0.721. The maximum absolute atomic E-state index is 11.6. The van der Waals surface area contributed by atoms with Crippen molar-refractivity contribution in [2.24, 2.45) is 0 Å². The summed E-state index contributed by atoms with van der Waals surface area (Å²) in [4.78, 5) is 20.4. The summed E-state index contributed by atoms with van der Waals surface area (Å²) >= 11 is 7.47. The summed E-state index contributed by atoms with van der Waals surface area (Å²) in [6.07, 6.45) is 6.10. The number of carbonyl (C=O) groups excluding carboxylic acids is 1. The van der Waals surface area contributed by atoms with Crippen molar-refractivity contribution in [1.29, 1.82) is 0 Å². The van der Waals surface area contributed by atoms with E-state index in [-0.39, 0.29) is 11.9 Å². The standard InChI is InChI=1S/C10H7ClN6OS/c11-8-6(17-3-4-19-10(17)15-8)1-2-7(18)14-9-12-5-13-16-9/h1-5H,(H2,12,13,14,16,18). The minimum Gasteiger partial charge on any atom is -0.291 e. The summed E-state index contributed by atoms with van der Waals surface area (Å²) < 4.78 is 1.81. The van der Waals surface area contributed by atoms with E-state index in [2.05, 4.69) is 25.5 Å². The van der Waals surface area contributed by atoms with E-state index in [0.717, 1.165) is 4.96 Å². The van der Waals surface area contributed by atoms with Crippen molar-refractivity contribution in [1.82, 2.24) is 24.6 Å². The van der Waals surface area contributed by atoms with E-state index in [4.69, 9.17) is 11.6 Å². The Balaban J connectivity index is 1.80. The molecule has 0 aliphatic carbocycles. The van der Waals surface area contributed by atoms with E-state index in [9.17, 15) is 4.79 Å². The van der Waals surface area contributed by atoms with E-state index >= 15 is 0 Å². The molecule has 9 heteroatoms. The van der Waals surface area contributed by atoms with E-state index < -0.39 is 0 Å². The Hall–Kier alpha value is -2.19. The van der Waals surface area contributed by atoms with Crippen LogP contribution in [0.4, 0.5) is 5.95 Å². The first-order valence-corrected chi connectivity index (χ1v) is 6.45. The second-order valence-corrected chi connectivity index (χ2v) is 4.73. The highest BCUT2D eigenvalue weighted by Crippen LogP contribution is 2.22. The zero-order chi connectivity index (χ0) is 13.2. The van der Waals surface area contributed by atoms with Crippen molar-refractivity contribution >= 4 is 45.8 Å². The molecule has 3 aromatic heterocycles. The van der Waals surface area contributed by atoms with Crippen LogP contribution in [0.3, 0.4) is 0 Å². The molecule has 19 heavy (non-hydrogen) atoms. The Labute approximate surface area is 116 Å². The molecule has 0 aromatic carbocycles. The van der Waals surface area contributed by atoms with Crippen LogP contribution in [-0.2, 0) is 4.79 Å². The first-order chi connectivity index (χ1) is 9.24. The molecule has 96 valence electrons. The Morgan fingerprint density at radius 3 is 3.26 bits per heavy atom. The van der Waals surface area contributed by atoms with Gasteiger partial charge in [-0.2, -0.15) is 10.1 Å². The van der Waals surface area contributed by atoms with Gasteiger partial charge in [0.05, 0.1) is 5.69 Å². The van der Waals surface area contributed by atoms with Crippen molar-refractivity contribution in [3.05, 3.63) is 34.8 Å². The Morgan fingerprint density at radius 1 is 1.58 bits per heavy atom. The number of nitrogens with zero attached hydrogens (tertiary/aromatic N) is 4. The molecular weight excluding hydrogens is 288 g/mol. The number of imidazole rings is 1. The SMILES string of the molecule is O=C(C=Cc1c(Cl)nc2sccn12)Nc1ncn[nH]1. The number of thiazole rings is 1. The van der Waals surface area contributed by atoms with Gasteiger partial charge in [0.25, 0.3) is 5.91 Å². The molecule has 3 rings (SSSR count). The fourth-order valence-electron chi connectivity index (χ4n) is 1.50. The molecule has 0 atom stereocenters. The lowest BCUT2D eigenvalue weighted by Gasteiger charge is -1.95. The Morgan fingerprint density at radius 2 is 2.47 bits per heavy atom. The molecule has 0 aliphatic heterocycles. The minimum absolute atomic E-state index is 0.287. The van der Waals surface area contributed by atoms with Gasteiger partial charge in [0.1, 0.15) is 6.33 Å². The smallest absolute Gasteiger partial charge is 0.250 e. The van der Waals surface area contributed by atoms with Crippen LogP contribution in [0, 0.1) is 0 Å². The molecule has 0 spiro atoms. The predicted octanol–water partition coefficient (Wildman–Crippen LogP) is 1.82. The average Bonchev–Trinajstić information content (AvgIpc) is 3.05. The lowest BCUT2D eigenvalue weighted by atomic mass is 10.4. The molecule has 0 unspecified atom stereocenters. The predicted molar refractivity (Wildman–Crippen MR) is 72.1 cm³/mol. The van der Waals surface area contributed by atoms with Crippen molar-refractivity contribution in [3.8, 4) is 0 Å². The number of rotatable bonds is 3. The summed E-state index contributed by atoms with van der Waals surface area (Å²) in [6, 6.07) is 0. The number of hydrogen-bond donors (Lipinski definition) is 2. The second kappa shape index (κ2) is 4.82. The molecule has 0 saturated carbocycles. The van der Waals surface area contributed by atoms with Crippen LogP contribution in [0.5, 0.6) is 0 Å². The Kier molecular flexibility index (Phi) is 3.02. The molecule has 3 heterocycles. The number of carbonyl (C=O) groups is 1. The van der Waals surface area contributed by atoms with Gasteiger partial charge in [-0.1, -0.05) is 11.6 Å². The highest BCUT2D eigenvalue weighted by atomic mass is 35.5. The number of nitrogens with one attached hydrogen (secondary N) is 2. The summed E-state index contributed by atoms with van der Waals surface area (Å²) in [7, 11) is 0. The first kappa shape index (κ1) is 11.9. The third-order valence-electron chi connectivity index (χ3n) is 2.30. The van der Waals surface area contributed by atoms with Crippen molar-refractivity contribution in [2.75, 3.05) is 5.32 Å². The maximum Gasteiger partial charge on any atom is 0.250 e. The number of fused-ring (bicyclic) bond motifs is 1. The third kappa shape index (κ3) is 2.35. The number of amides is 1. The van der Waals surface area contributed by atoms with Crippen LogP contribution in [0.15, 0.2) is 24.0 Å². The second-order valence-electron chi connectivity index (χ2n) is 3.50. The fourth-order valence-corrected chi connectivity index (χ4v) is 2.51. The summed E-state index contributed by atoms with van der Waals surface area (Å²) in [5.74, 6) is -0.0484. The normalized spacial score (nSPS) is 11.4. The largest absolute Gasteiger partial charge is 0.291 e. The monoisotopic (exact) mass is 294 g/mol. The zero-order valence-corrected chi connectivity index (χ0v) is 10.9. The van der Waals surface area contributed by atoms with Crippen molar-refractivity contribution < 1.29 is 4.79 Å². The van der Waals surface area contributed by atoms with E-state index in [1.165, 1.54) is 23.7 Å². The van der Waals surface area contributed by atoms with Gasteiger partial charge in [-0.25, -0.2) is 10.1 Å². The van der Waals surface area contributed by atoms with Gasteiger partial charge in [-0.05, 0) is 6.08 Å². The summed E-state index contributed by atoms with van der Waals surface area (Å²) in [6.45, 7) is 0. The minimum atomic E-state index is -0.335. The lowest BCUT2D eigenvalue weighted by Crippen LogP contribution is -2.09. The van der Waals surface area contributed by atoms with E-state index in [1.54, 1.807) is 6.08 Å². The van der Waals surface area contributed by atoms with Crippen LogP contribution in [-0.4, -0.2) is 30.5 Å². The highest BCUT2D eigenvalue weighted by Gasteiger charge is 2.08. The molecule has 0 saturated heterocycles. The molecular formula is C10H7ClN6OS. The summed E-state index contributed by atoms with van der Waals surface area (Å²) in [5.41, 5.74) is 0.658. The first-order valence-electron chi connectivity index (χ1n) is 5.19. The number of H-pyrrole nitrogens is 1. The van der Waals surface area contributed by atoms with Gasteiger partial charge in [0, 0.05) is 17.7 Å². The number of anilines is 1. The van der Waals surface area contributed by atoms with E-state index in [0.29, 0.717) is 10.8 Å². The fraction of sp³-hybridized carbons (Fsp3) is 0. The molecule has 0 bridgehead atoms. The zero-order valence-electron chi connectivity index (χ0n) is 9.37. The van der Waals surface area contributed by atoms with Crippen LogP contribution in [0.25, 0.3) is 11.0 Å². The van der Waals surface area contributed by atoms with Crippen LogP contribution < -0.4 is 5.32 Å². The number of aromatic nitrogens is 5. The van der Waals surface area contributed by atoms with Gasteiger partial charge in [-0.3, -0.25) is 14.5 Å². The van der Waals surface area contributed by atoms with Crippen LogP contribution >= 0.6 is 22.9 Å². The number of halogens is 1. The van der Waals surface area contributed by atoms with Crippen LogP contribution in [0.2, 0.25) is 5.15 Å². The number of hydrogen-bond acceptors (Lipinski definition) is 5. The molecule has 2 N–H and O–H groups in total. The number of aromatic amines is 1. The third-order valence-corrected chi connectivity index (χ3v) is 3.34. The molecule has 3 aromatic rings. The molecule has 0 radical (unpaired) electrons. The van der Waals surface area contributed by atoms with Crippen molar-refractivity contribution in [2.45, 2.75) is 0 Å². The highest BCUT2D eigenvalue weighted by molar-refractivity contribution is 7.15. The maximum atomic E-state index is 11.6. The molecule has 0 fully saturated rings. The van der Waals surface area contributed by atoms with Gasteiger partial charge in [0.2, 0.25) is 5.95 Å². The van der Waals surface area contributed by atoms with Gasteiger partial charge in [-0.15, -0.1) is 11.3 Å². The molecule has 0 aliphatic rings. The summed E-state index contributed by atoms with van der Waals surface area (Å²) in [5, 5.41) is 10.9. The van der Waals surface area contributed by atoms with E-state index in [1.807, 2.05) is 16.0 Å². The Bertz CT molecular complexity index is 743. The van der Waals surface area contributed by atoms with Gasteiger partial charge < -0.3 is 0 Å². The molecule has 7 nitrogen and oxygen atoms in total. The van der Waals surface area contributed by atoms with Crippen molar-refractivity contribution in [3.63, 3.8) is 0 Å². The lowest BCUT2D eigenvalue weighted by molar-refractivity contribution is -0.111. The molecule has 1 amide bonds. The topological polar surface area (TPSA) is 88.0 Å². The average molecular weight is 295 g/mol. The van der Waals surface area contributed by atoms with Gasteiger partial charge in [0.15, 0.2) is 10.1 Å².